The average molecular weight is 1660 g/mol. The first-order valence-corrected chi connectivity index (χ1v) is 40.8. The third-order valence-corrected chi connectivity index (χ3v) is 25.5. The molecule has 9 aromatic heterocycles. The first-order chi connectivity index (χ1) is 57.4. The van der Waals surface area contributed by atoms with Gasteiger partial charge in [-0.1, -0.05) is 11.6 Å². The van der Waals surface area contributed by atoms with Gasteiger partial charge in [-0.2, -0.15) is 0 Å². The van der Waals surface area contributed by atoms with Crippen LogP contribution in [-0.4, -0.2) is 182 Å². The molecule has 12 heterocycles. The zero-order valence-corrected chi connectivity index (χ0v) is 66.5. The first-order valence-electron chi connectivity index (χ1n) is 40.4. The molecule has 32 heteroatoms. The number of benzene rings is 3. The van der Waals surface area contributed by atoms with Gasteiger partial charge in [0.1, 0.15) is 137 Å². The number of anilines is 1. The quantitative estimate of drug-likeness (QED) is 0.0506. The lowest BCUT2D eigenvalue weighted by atomic mass is 9.90. The number of fused-ring (bicyclic) bond motifs is 8. The Morgan fingerprint density at radius 3 is 1.39 bits per heavy atom. The highest BCUT2D eigenvalue weighted by atomic mass is 35.5. The molecule has 3 aromatic carbocycles. The van der Waals surface area contributed by atoms with Crippen LogP contribution >= 0.6 is 11.6 Å². The Balaban J connectivity index is 0.000000113. The fraction of sp³-hybridized carbons (Fsp3) is 0.425. The number of aliphatic hydroxyl groups is 8. The number of aromatic nitrogens is 10. The van der Waals surface area contributed by atoms with E-state index in [1.807, 2.05) is 90.3 Å². The Labute approximate surface area is 685 Å². The smallest absolute Gasteiger partial charge is 0.162 e. The van der Waals surface area contributed by atoms with Crippen molar-refractivity contribution in [3.63, 3.8) is 0 Å². The summed E-state index contributed by atoms with van der Waals surface area (Å²) in [6.07, 6.45) is 11.0. The number of rotatable bonds is 12. The van der Waals surface area contributed by atoms with Gasteiger partial charge in [0, 0.05) is 156 Å². The number of ether oxygens (including phenoxy) is 4. The minimum absolute atomic E-state index is 0.00585. The highest BCUT2D eigenvalue weighted by Gasteiger charge is 2.49. The fourth-order valence-electron chi connectivity index (χ4n) is 18.8. The molecule has 12 aromatic rings. The minimum atomic E-state index is -1.20. The van der Waals surface area contributed by atoms with Gasteiger partial charge >= 0.3 is 0 Å². The van der Waals surface area contributed by atoms with Crippen LogP contribution in [0.25, 0.3) is 44.1 Å². The van der Waals surface area contributed by atoms with Crippen LogP contribution in [0.2, 0.25) is 5.02 Å². The van der Waals surface area contributed by atoms with Gasteiger partial charge in [0.25, 0.3) is 0 Å². The molecular weight excluding hydrogens is 1560 g/mol. The molecule has 13 N–H and O–H groups in total. The molecule has 119 heavy (non-hydrogen) atoms. The van der Waals surface area contributed by atoms with Crippen molar-refractivity contribution in [3.8, 4) is 23.0 Å². The predicted molar refractivity (Wildman–Crippen MR) is 432 cm³/mol. The molecule has 0 amide bonds. The fourth-order valence-corrected chi connectivity index (χ4v) is 19.0. The summed E-state index contributed by atoms with van der Waals surface area (Å²) in [6, 6.07) is 14.8. The lowest BCUT2D eigenvalue weighted by Crippen LogP contribution is -2.35. The molecule has 8 unspecified atom stereocenters. The van der Waals surface area contributed by atoms with Gasteiger partial charge in [0.2, 0.25) is 0 Å². The van der Waals surface area contributed by atoms with E-state index in [2.05, 4.69) is 45.9 Å². The van der Waals surface area contributed by atoms with Crippen molar-refractivity contribution < 1.29 is 81.8 Å². The van der Waals surface area contributed by atoms with Gasteiger partial charge in [-0.05, 0) is 169 Å². The SMILES string of the molecule is Cc1ccnc2c1ccn2C1CC(Oc2cc(Cl)c(F)c3c2CNCC3)[C@@H](O)[C@H]1O.Cc1ccnc2c1ccn2C1CC(Oc2cc(F)c(F)c3c2CNCC3)[C@@H](O)[C@H]1O.Cc1ncc(OC2CC(n3ccc4c(C)ncnc43)[C@H](O)[C@@H]2O)c2c1CCCC2.Nc1ccnc2c1c(F)cn2C1CC(Oc2ccc(F)c3c2CNCC3)[C@@H](O)[C@H]1O. The summed E-state index contributed by atoms with van der Waals surface area (Å²) in [6.45, 7) is 11.2. The molecule has 0 saturated heterocycles. The van der Waals surface area contributed by atoms with E-state index in [1.165, 1.54) is 59.0 Å². The number of pyridine rings is 4. The summed E-state index contributed by atoms with van der Waals surface area (Å²) in [5, 5.41) is 98.3. The molecule has 0 spiro atoms. The van der Waals surface area contributed by atoms with E-state index in [-0.39, 0.29) is 46.2 Å². The summed E-state index contributed by atoms with van der Waals surface area (Å²) in [5.41, 5.74) is 18.8. The second kappa shape index (κ2) is 33.5. The summed E-state index contributed by atoms with van der Waals surface area (Å²) in [5.74, 6) is -1.16. The van der Waals surface area contributed by atoms with Crippen LogP contribution in [-0.2, 0) is 51.7 Å². The van der Waals surface area contributed by atoms with Crippen LogP contribution in [0.15, 0.2) is 117 Å². The average Bonchev–Trinajstić information content (AvgIpc) is 1.10. The molecule has 0 radical (unpaired) electrons. The molecule has 16 atom stereocenters. The van der Waals surface area contributed by atoms with E-state index in [1.54, 1.807) is 24.7 Å². The van der Waals surface area contributed by atoms with Crippen molar-refractivity contribution in [2.24, 2.45) is 0 Å². The normalized spacial score (nSPS) is 26.3. The summed E-state index contributed by atoms with van der Waals surface area (Å²) in [7, 11) is 0. The van der Waals surface area contributed by atoms with Gasteiger partial charge in [0.05, 0.1) is 46.5 Å². The Kier molecular flexibility index (Phi) is 22.9. The van der Waals surface area contributed by atoms with E-state index in [0.29, 0.717) is 117 Å². The monoisotopic (exact) mass is 1660 g/mol. The van der Waals surface area contributed by atoms with Gasteiger partial charge in [-0.15, -0.1) is 0 Å². The molecule has 8 aliphatic rings. The molecule has 26 nitrogen and oxygen atoms in total. The summed E-state index contributed by atoms with van der Waals surface area (Å²) >= 11 is 6.09. The number of aliphatic hydroxyl groups excluding tert-OH is 8. The minimum Gasteiger partial charge on any atom is -0.487 e. The van der Waals surface area contributed by atoms with Crippen molar-refractivity contribution in [1.82, 2.24) is 64.1 Å². The topological polar surface area (TPSA) is 358 Å². The molecule has 5 aliphatic carbocycles. The first kappa shape index (κ1) is 81.4. The number of hydrogen-bond acceptors (Lipinski definition) is 22. The zero-order valence-electron chi connectivity index (χ0n) is 65.8. The van der Waals surface area contributed by atoms with E-state index in [0.717, 1.165) is 97.8 Å². The number of hydrogen-bond donors (Lipinski definition) is 12. The van der Waals surface area contributed by atoms with Crippen LogP contribution in [0.5, 0.6) is 23.0 Å². The van der Waals surface area contributed by atoms with Crippen molar-refractivity contribution in [1.29, 1.82) is 0 Å². The van der Waals surface area contributed by atoms with Crippen LogP contribution in [0.4, 0.5) is 27.6 Å². The van der Waals surface area contributed by atoms with Crippen LogP contribution in [0.1, 0.15) is 130 Å². The molecule has 0 bridgehead atoms. The van der Waals surface area contributed by atoms with Crippen molar-refractivity contribution in [2.45, 2.75) is 215 Å². The Morgan fingerprint density at radius 2 is 0.849 bits per heavy atom. The second-order valence-electron chi connectivity index (χ2n) is 32.3. The highest BCUT2D eigenvalue weighted by molar-refractivity contribution is 6.31. The summed E-state index contributed by atoms with van der Waals surface area (Å²) in [4.78, 5) is 26.2. The maximum absolute atomic E-state index is 14.5. The molecule has 4 saturated carbocycles. The zero-order chi connectivity index (χ0) is 83.1. The lowest BCUT2D eigenvalue weighted by Gasteiger charge is -2.25. The van der Waals surface area contributed by atoms with Crippen LogP contribution in [0.3, 0.4) is 0 Å². The van der Waals surface area contributed by atoms with E-state index in [9.17, 15) is 62.8 Å². The van der Waals surface area contributed by atoms with Crippen LogP contribution < -0.4 is 40.6 Å². The molecular formula is C87H94ClF5N14O12. The van der Waals surface area contributed by atoms with Gasteiger partial charge in [-0.25, -0.2) is 46.9 Å². The number of nitrogen functional groups attached to an aromatic ring is 1. The Morgan fingerprint density at radius 1 is 0.403 bits per heavy atom. The van der Waals surface area contributed by atoms with E-state index < -0.39 is 109 Å². The summed E-state index contributed by atoms with van der Waals surface area (Å²) < 4.78 is 103. The van der Waals surface area contributed by atoms with Gasteiger partial charge in [-0.3, -0.25) is 4.98 Å². The van der Waals surface area contributed by atoms with Crippen molar-refractivity contribution in [2.75, 3.05) is 25.4 Å². The number of nitrogens with one attached hydrogen (secondary N) is 3. The van der Waals surface area contributed by atoms with E-state index in [4.69, 9.17) is 36.3 Å². The van der Waals surface area contributed by atoms with Crippen molar-refractivity contribution in [3.05, 3.63) is 218 Å². The number of nitrogens with zero attached hydrogens (tertiary/aromatic N) is 10. The maximum Gasteiger partial charge on any atom is 0.162 e. The Bertz CT molecular complexity index is 5640. The molecule has 626 valence electrons. The highest BCUT2D eigenvalue weighted by Crippen LogP contribution is 2.45. The predicted octanol–water partition coefficient (Wildman–Crippen LogP) is 9.37. The standard InChI is InChI=1S/C22H23ClFN3O3.C22H23F2N3O3.C22H26N4O3.C21H22F2N4O3/c2*1-11-2-6-26-22-12(11)4-7-27(22)16-9-18(21(29)20(16)28)30-17-8-15(23)19(24)13-3-5-25-10-14(13)17;1-12-14-5-3-4-6-16(14)19(10-23-12)29-18-9-17(20(27)21(18)28)26-8-7-15-13(2)24-11-25-22(15)26;22-12-1-2-16(11-8-25-5-3-10(11)12)30-17-7-15(19(28)20(17)29)27-9-13(23)18-14(24)4-6-26-21(18)27/h2*2,4,6-8,16,18,20-21,25,28-29H,3,5,9-10H2,1H3;7-8,10-11,17-18,20-21,27-28H,3-6,9H2,1-2H3;1-2,4,6,9,15,17,19-20,25,28-29H,3,5,7-8H2,(H2,24,26)/t2*16?,18?,20-,21+;17?,18?,20-,21+;15?,17?,19-,20+/m0000/s1. The maximum atomic E-state index is 14.5. The number of aryl methyl sites for hydroxylation is 4. The van der Waals surface area contributed by atoms with Crippen molar-refractivity contribution >= 4 is 61.4 Å². The largest absolute Gasteiger partial charge is 0.487 e. The third-order valence-electron chi connectivity index (χ3n) is 25.3. The van der Waals surface area contributed by atoms with Gasteiger partial charge in [0.15, 0.2) is 17.5 Å². The van der Waals surface area contributed by atoms with Gasteiger partial charge < -0.3 is 99.8 Å². The third kappa shape index (κ3) is 15.2. The Hall–Kier alpha value is -10.0. The lowest BCUT2D eigenvalue weighted by molar-refractivity contribution is -0.0167. The van der Waals surface area contributed by atoms with Crippen LogP contribution in [0, 0.1) is 56.8 Å². The molecule has 3 aliphatic heterocycles. The number of nitrogens with two attached hydrogens (primary N) is 1. The second-order valence-corrected chi connectivity index (χ2v) is 32.7. The van der Waals surface area contributed by atoms with E-state index >= 15 is 0 Å². The molecule has 4 fully saturated rings. The molecule has 20 rings (SSSR count). The number of halogens is 6.